The number of anilines is 1. The molecule has 2 N–H and O–H groups in total. The zero-order valence-corrected chi connectivity index (χ0v) is 18.7. The van der Waals surface area contributed by atoms with Crippen LogP contribution in [0.2, 0.25) is 0 Å². The Bertz CT molecular complexity index is 1200. The van der Waals surface area contributed by atoms with Crippen LogP contribution in [0.5, 0.6) is 5.75 Å². The summed E-state index contributed by atoms with van der Waals surface area (Å²) >= 11 is 0. The first kappa shape index (κ1) is 21.2. The molecule has 0 bridgehead atoms. The standard InChI is InChI=1S/C25H26N4O4/c1-26-24(31)20-13-27-22(28-23(30)14-4-5-14)19-11-16(10-18(19)20)17-7-6-15(12-21(17)33-2)25(32)29-8-3-9-29/h6-7,10,12-14H,3-5,8-9,11H2,1-2H3,(H,26,31)(H,27,28,30). The van der Waals surface area contributed by atoms with Crippen molar-refractivity contribution < 1.29 is 19.1 Å². The molecule has 0 atom stereocenters. The van der Waals surface area contributed by atoms with Gasteiger partial charge in [-0.15, -0.1) is 0 Å². The van der Waals surface area contributed by atoms with Gasteiger partial charge < -0.3 is 20.3 Å². The predicted molar refractivity (Wildman–Crippen MR) is 124 cm³/mol. The average Bonchev–Trinajstić information content (AvgIpc) is 3.55. The molecule has 0 spiro atoms. The second kappa shape index (κ2) is 8.35. The summed E-state index contributed by atoms with van der Waals surface area (Å²) in [6.45, 7) is 1.57. The van der Waals surface area contributed by atoms with Crippen LogP contribution >= 0.6 is 0 Å². The van der Waals surface area contributed by atoms with Crippen LogP contribution in [0.4, 0.5) is 5.82 Å². The second-order valence-corrected chi connectivity index (χ2v) is 8.66. The highest BCUT2D eigenvalue weighted by Gasteiger charge is 2.32. The van der Waals surface area contributed by atoms with Crippen LogP contribution in [0.3, 0.4) is 0 Å². The van der Waals surface area contributed by atoms with Crippen LogP contribution in [0.1, 0.15) is 56.7 Å². The normalized spacial score (nSPS) is 16.4. The van der Waals surface area contributed by atoms with E-state index < -0.39 is 0 Å². The van der Waals surface area contributed by atoms with Crippen molar-refractivity contribution >= 4 is 35.2 Å². The second-order valence-electron chi connectivity index (χ2n) is 8.66. The fourth-order valence-electron chi connectivity index (χ4n) is 4.28. The minimum absolute atomic E-state index is 0.00552. The molecule has 2 heterocycles. The lowest BCUT2D eigenvalue weighted by Crippen LogP contribution is -2.42. The highest BCUT2D eigenvalue weighted by molar-refractivity contribution is 6.05. The first-order chi connectivity index (χ1) is 16.0. The Balaban J connectivity index is 1.50. The number of hydrogen-bond donors (Lipinski definition) is 2. The Morgan fingerprint density at radius 1 is 1.18 bits per heavy atom. The van der Waals surface area contributed by atoms with Crippen LogP contribution in [-0.2, 0) is 11.2 Å². The number of rotatable bonds is 6. The third kappa shape index (κ3) is 3.86. The number of likely N-dealkylation sites (tertiary alicyclic amines) is 1. The number of amides is 3. The van der Waals surface area contributed by atoms with Crippen molar-refractivity contribution in [2.45, 2.75) is 25.7 Å². The number of aromatic nitrogens is 1. The van der Waals surface area contributed by atoms with Gasteiger partial charge in [0.1, 0.15) is 11.6 Å². The summed E-state index contributed by atoms with van der Waals surface area (Å²) in [6.07, 6.45) is 6.77. The maximum Gasteiger partial charge on any atom is 0.253 e. The van der Waals surface area contributed by atoms with Gasteiger partial charge in [0.05, 0.1) is 12.7 Å². The number of hydrogen-bond acceptors (Lipinski definition) is 5. The van der Waals surface area contributed by atoms with Gasteiger partial charge in [0.25, 0.3) is 11.8 Å². The van der Waals surface area contributed by atoms with Crippen molar-refractivity contribution in [3.8, 4) is 5.75 Å². The third-order valence-corrected chi connectivity index (χ3v) is 6.51. The molecule has 1 aromatic carbocycles. The number of nitrogens with zero attached hydrogens (tertiary/aromatic N) is 2. The molecule has 0 unspecified atom stereocenters. The predicted octanol–water partition coefficient (Wildman–Crippen LogP) is 2.74. The van der Waals surface area contributed by atoms with Crippen molar-refractivity contribution in [1.29, 1.82) is 0 Å². The molecule has 33 heavy (non-hydrogen) atoms. The van der Waals surface area contributed by atoms with E-state index in [4.69, 9.17) is 4.74 Å². The molecule has 2 fully saturated rings. The number of allylic oxidation sites excluding steroid dienone is 1. The Kier molecular flexibility index (Phi) is 5.36. The molecule has 170 valence electrons. The lowest BCUT2D eigenvalue weighted by atomic mass is 10.00. The summed E-state index contributed by atoms with van der Waals surface area (Å²) < 4.78 is 5.64. The minimum Gasteiger partial charge on any atom is -0.496 e. The van der Waals surface area contributed by atoms with E-state index in [9.17, 15) is 14.4 Å². The van der Waals surface area contributed by atoms with E-state index in [2.05, 4.69) is 15.6 Å². The summed E-state index contributed by atoms with van der Waals surface area (Å²) in [5.74, 6) is 0.872. The van der Waals surface area contributed by atoms with Crippen molar-refractivity contribution in [2.24, 2.45) is 5.92 Å². The summed E-state index contributed by atoms with van der Waals surface area (Å²) in [5.41, 5.74) is 4.38. The van der Waals surface area contributed by atoms with Crippen molar-refractivity contribution in [1.82, 2.24) is 15.2 Å². The highest BCUT2D eigenvalue weighted by Crippen LogP contribution is 2.41. The zero-order chi connectivity index (χ0) is 23.1. The number of fused-ring (bicyclic) bond motifs is 1. The molecule has 2 aliphatic carbocycles. The van der Waals surface area contributed by atoms with E-state index in [1.165, 1.54) is 6.20 Å². The fraction of sp³-hybridized carbons (Fsp3) is 0.360. The molecule has 3 amide bonds. The Morgan fingerprint density at radius 3 is 2.61 bits per heavy atom. The van der Waals surface area contributed by atoms with Gasteiger partial charge >= 0.3 is 0 Å². The van der Waals surface area contributed by atoms with E-state index >= 15 is 0 Å². The van der Waals surface area contributed by atoms with Gasteiger partial charge in [0, 0.05) is 55.4 Å². The molecule has 8 heteroatoms. The molecule has 1 aliphatic heterocycles. The van der Waals surface area contributed by atoms with Crippen molar-refractivity contribution in [2.75, 3.05) is 32.6 Å². The summed E-state index contributed by atoms with van der Waals surface area (Å²) in [7, 11) is 3.16. The van der Waals surface area contributed by atoms with Crippen LogP contribution in [-0.4, -0.2) is 54.9 Å². The van der Waals surface area contributed by atoms with Gasteiger partial charge in [0.2, 0.25) is 5.91 Å². The maximum atomic E-state index is 12.6. The largest absolute Gasteiger partial charge is 0.496 e. The molecule has 0 radical (unpaired) electrons. The summed E-state index contributed by atoms with van der Waals surface area (Å²) in [6, 6.07) is 5.47. The van der Waals surface area contributed by atoms with Crippen LogP contribution in [0.15, 0.2) is 24.4 Å². The van der Waals surface area contributed by atoms with Gasteiger partial charge in [-0.3, -0.25) is 14.4 Å². The number of pyridine rings is 1. The number of carbonyl (C=O) groups is 3. The fourth-order valence-corrected chi connectivity index (χ4v) is 4.28. The van der Waals surface area contributed by atoms with Gasteiger partial charge in [-0.05, 0) is 48.6 Å². The van der Waals surface area contributed by atoms with Crippen LogP contribution < -0.4 is 15.4 Å². The number of nitrogens with one attached hydrogen (secondary N) is 2. The van der Waals surface area contributed by atoms with E-state index in [0.717, 1.165) is 54.6 Å². The van der Waals surface area contributed by atoms with E-state index in [-0.39, 0.29) is 23.6 Å². The number of carbonyl (C=O) groups excluding carboxylic acids is 3. The number of benzene rings is 1. The Morgan fingerprint density at radius 2 is 1.97 bits per heavy atom. The first-order valence-corrected chi connectivity index (χ1v) is 11.2. The van der Waals surface area contributed by atoms with Gasteiger partial charge in [-0.1, -0.05) is 6.07 Å². The Hall–Kier alpha value is -3.68. The lowest BCUT2D eigenvalue weighted by molar-refractivity contribution is -0.117. The van der Waals surface area contributed by atoms with Gasteiger partial charge in [-0.2, -0.15) is 0 Å². The van der Waals surface area contributed by atoms with E-state index in [0.29, 0.717) is 29.1 Å². The van der Waals surface area contributed by atoms with Crippen molar-refractivity contribution in [3.05, 3.63) is 52.2 Å². The molecule has 5 rings (SSSR count). The molecule has 8 nitrogen and oxygen atoms in total. The number of ether oxygens (including phenoxy) is 1. The minimum atomic E-state index is -0.237. The summed E-state index contributed by atoms with van der Waals surface area (Å²) in [4.78, 5) is 43.7. The molecule has 3 aliphatic rings. The quantitative estimate of drug-likeness (QED) is 0.711. The van der Waals surface area contributed by atoms with Gasteiger partial charge in [0.15, 0.2) is 0 Å². The highest BCUT2D eigenvalue weighted by atomic mass is 16.5. The molecule has 1 saturated heterocycles. The molecular weight excluding hydrogens is 420 g/mol. The van der Waals surface area contributed by atoms with Gasteiger partial charge in [-0.25, -0.2) is 4.98 Å². The van der Waals surface area contributed by atoms with E-state index in [1.54, 1.807) is 20.2 Å². The SMILES string of the molecule is CNC(=O)c1cnc(NC(=O)C2CC2)c2c1C=C(c1ccc(C(=O)N3CCC3)cc1OC)C2. The summed E-state index contributed by atoms with van der Waals surface area (Å²) in [5, 5.41) is 5.60. The Labute approximate surface area is 192 Å². The van der Waals surface area contributed by atoms with Crippen LogP contribution in [0.25, 0.3) is 11.6 Å². The molecule has 1 saturated carbocycles. The third-order valence-electron chi connectivity index (χ3n) is 6.51. The monoisotopic (exact) mass is 446 g/mol. The maximum absolute atomic E-state index is 12.6. The average molecular weight is 447 g/mol. The first-order valence-electron chi connectivity index (χ1n) is 11.2. The smallest absolute Gasteiger partial charge is 0.253 e. The molecular formula is C25H26N4O4. The molecule has 1 aromatic heterocycles. The van der Waals surface area contributed by atoms with E-state index in [1.807, 2.05) is 23.1 Å². The lowest BCUT2D eigenvalue weighted by Gasteiger charge is -2.31. The topological polar surface area (TPSA) is 101 Å². The van der Waals surface area contributed by atoms with Crippen LogP contribution in [0, 0.1) is 5.92 Å². The molecule has 2 aromatic rings. The van der Waals surface area contributed by atoms with Crippen molar-refractivity contribution in [3.63, 3.8) is 0 Å². The zero-order valence-electron chi connectivity index (χ0n) is 18.7. The number of methoxy groups -OCH3 is 1.